The Balaban J connectivity index is 1.97. The van der Waals surface area contributed by atoms with Crippen molar-refractivity contribution in [2.75, 3.05) is 19.7 Å². The molecule has 2 fully saturated rings. The Labute approximate surface area is 78.5 Å². The maximum Gasteiger partial charge on any atom is 0.105 e. The van der Waals surface area contributed by atoms with Gasteiger partial charge >= 0.3 is 0 Å². The van der Waals surface area contributed by atoms with Crippen molar-refractivity contribution in [2.45, 2.75) is 31.4 Å². The number of hydrogen-bond acceptors (Lipinski definition) is 3. The van der Waals surface area contributed by atoms with E-state index < -0.39 is 0 Å². The maximum absolute atomic E-state index is 7.28. The van der Waals surface area contributed by atoms with Gasteiger partial charge < -0.3 is 10.5 Å². The molecule has 13 heavy (non-hydrogen) atoms. The minimum absolute atomic E-state index is 0.271. The zero-order chi connectivity index (χ0) is 9.26. The van der Waals surface area contributed by atoms with E-state index in [2.05, 4.69) is 4.90 Å². The molecule has 4 heteroatoms. The summed E-state index contributed by atoms with van der Waals surface area (Å²) in [6.07, 6.45) is 4.05. The molecule has 0 bridgehead atoms. The van der Waals surface area contributed by atoms with Crippen LogP contribution in [-0.2, 0) is 4.74 Å². The summed E-state index contributed by atoms with van der Waals surface area (Å²) in [5.41, 5.74) is 5.41. The van der Waals surface area contributed by atoms with Crippen LogP contribution in [0.15, 0.2) is 0 Å². The Morgan fingerprint density at radius 1 is 1.54 bits per heavy atom. The molecule has 1 saturated carbocycles. The van der Waals surface area contributed by atoms with E-state index in [4.69, 9.17) is 15.9 Å². The average Bonchev–Trinajstić information content (AvgIpc) is 2.51. The fraction of sp³-hybridized carbons (Fsp3) is 0.889. The van der Waals surface area contributed by atoms with Crippen LogP contribution < -0.4 is 5.73 Å². The summed E-state index contributed by atoms with van der Waals surface area (Å²) < 4.78 is 5.66. The Hall–Kier alpha value is -0.610. The first-order valence-corrected chi connectivity index (χ1v) is 4.96. The van der Waals surface area contributed by atoms with Crippen LogP contribution in [0.1, 0.15) is 19.3 Å². The first-order valence-electron chi connectivity index (χ1n) is 4.96. The van der Waals surface area contributed by atoms with Crippen LogP contribution in [0, 0.1) is 5.41 Å². The summed E-state index contributed by atoms with van der Waals surface area (Å²) in [4.78, 5) is 2.30. The first-order chi connectivity index (χ1) is 6.27. The van der Waals surface area contributed by atoms with Gasteiger partial charge in [-0.2, -0.15) is 0 Å². The van der Waals surface area contributed by atoms with Crippen molar-refractivity contribution in [1.82, 2.24) is 4.90 Å². The summed E-state index contributed by atoms with van der Waals surface area (Å²) in [6, 6.07) is 0.526. The smallest absolute Gasteiger partial charge is 0.105 e. The van der Waals surface area contributed by atoms with Crippen LogP contribution in [-0.4, -0.2) is 42.6 Å². The molecule has 2 rings (SSSR count). The quantitative estimate of drug-likeness (QED) is 0.474. The summed E-state index contributed by atoms with van der Waals surface area (Å²) in [6.45, 7) is 2.35. The van der Waals surface area contributed by atoms with Crippen LogP contribution in [0.5, 0.6) is 0 Å². The number of nitrogens with zero attached hydrogens (tertiary/aromatic N) is 1. The summed E-state index contributed by atoms with van der Waals surface area (Å²) in [7, 11) is 0. The second kappa shape index (κ2) is 3.64. The molecule has 2 unspecified atom stereocenters. The van der Waals surface area contributed by atoms with Crippen LogP contribution in [0.4, 0.5) is 0 Å². The Kier molecular flexibility index (Phi) is 2.51. The molecule has 0 aromatic carbocycles. The van der Waals surface area contributed by atoms with Gasteiger partial charge in [0.25, 0.3) is 0 Å². The molecule has 1 saturated heterocycles. The molecule has 0 amide bonds. The second-order valence-electron chi connectivity index (χ2n) is 3.90. The van der Waals surface area contributed by atoms with Gasteiger partial charge in [0.05, 0.1) is 19.3 Å². The first kappa shape index (κ1) is 8.97. The number of nitrogens with two attached hydrogens (primary N) is 1. The van der Waals surface area contributed by atoms with E-state index in [1.54, 1.807) is 0 Å². The van der Waals surface area contributed by atoms with E-state index in [1.807, 2.05) is 0 Å². The van der Waals surface area contributed by atoms with Gasteiger partial charge in [0.15, 0.2) is 0 Å². The maximum atomic E-state index is 7.28. The third-order valence-electron chi connectivity index (χ3n) is 2.97. The summed E-state index contributed by atoms with van der Waals surface area (Å²) in [5, 5.41) is 7.28. The largest absolute Gasteiger partial charge is 0.387 e. The molecule has 2 atom stereocenters. The van der Waals surface area contributed by atoms with E-state index in [-0.39, 0.29) is 5.84 Å². The van der Waals surface area contributed by atoms with Gasteiger partial charge in [0.2, 0.25) is 0 Å². The lowest BCUT2D eigenvalue weighted by atomic mass is 10.1. The van der Waals surface area contributed by atoms with Crippen molar-refractivity contribution in [3.63, 3.8) is 0 Å². The van der Waals surface area contributed by atoms with Gasteiger partial charge in [-0.25, -0.2) is 0 Å². The van der Waals surface area contributed by atoms with E-state index >= 15 is 0 Å². The van der Waals surface area contributed by atoms with Crippen LogP contribution >= 0.6 is 0 Å². The van der Waals surface area contributed by atoms with Gasteiger partial charge in [0.1, 0.15) is 5.84 Å². The Bertz CT molecular complexity index is 207. The van der Waals surface area contributed by atoms with Gasteiger partial charge in [-0.05, 0) is 19.3 Å². The lowest BCUT2D eigenvalue weighted by Gasteiger charge is -2.37. The van der Waals surface area contributed by atoms with E-state index in [1.165, 1.54) is 19.3 Å². The van der Waals surface area contributed by atoms with Crippen LogP contribution in [0.2, 0.25) is 0 Å². The normalized spacial score (nSPS) is 34.5. The number of amidine groups is 1. The van der Waals surface area contributed by atoms with Crippen molar-refractivity contribution in [3.8, 4) is 0 Å². The van der Waals surface area contributed by atoms with Crippen LogP contribution in [0.3, 0.4) is 0 Å². The minimum atomic E-state index is 0.271. The summed E-state index contributed by atoms with van der Waals surface area (Å²) in [5.74, 6) is 0.271. The highest BCUT2D eigenvalue weighted by atomic mass is 16.5. The monoisotopic (exact) mass is 183 g/mol. The number of nitrogens with one attached hydrogen (secondary N) is 1. The molecule has 0 aromatic heterocycles. The molecule has 1 aliphatic heterocycles. The molecule has 74 valence electrons. The Morgan fingerprint density at radius 2 is 2.38 bits per heavy atom. The average molecular weight is 183 g/mol. The van der Waals surface area contributed by atoms with Crippen molar-refractivity contribution in [2.24, 2.45) is 5.73 Å². The highest BCUT2D eigenvalue weighted by molar-refractivity contribution is 5.79. The minimum Gasteiger partial charge on any atom is -0.387 e. The topological polar surface area (TPSA) is 62.3 Å². The third kappa shape index (κ3) is 1.84. The molecule has 4 nitrogen and oxygen atoms in total. The zero-order valence-corrected chi connectivity index (χ0v) is 7.83. The van der Waals surface area contributed by atoms with Gasteiger partial charge in [0, 0.05) is 12.6 Å². The number of rotatable bonds is 2. The van der Waals surface area contributed by atoms with E-state index in [0.717, 1.165) is 13.2 Å². The Morgan fingerprint density at radius 3 is 3.15 bits per heavy atom. The molecule has 1 heterocycles. The third-order valence-corrected chi connectivity index (χ3v) is 2.97. The zero-order valence-electron chi connectivity index (χ0n) is 7.83. The second-order valence-corrected chi connectivity index (χ2v) is 3.90. The SMILES string of the molecule is N=C(N)CN1CCOC2CCCC21. The van der Waals surface area contributed by atoms with E-state index in [0.29, 0.717) is 18.7 Å². The standard InChI is InChI=1S/C9H17N3O/c10-9(11)6-12-4-5-13-8-3-1-2-7(8)12/h7-8H,1-6H2,(H3,10,11). The number of fused-ring (bicyclic) bond motifs is 1. The number of ether oxygens (including phenoxy) is 1. The molecule has 1 aliphatic carbocycles. The fourth-order valence-corrected chi connectivity index (χ4v) is 2.42. The van der Waals surface area contributed by atoms with Crippen molar-refractivity contribution in [1.29, 1.82) is 5.41 Å². The molecular formula is C9H17N3O. The molecule has 0 spiro atoms. The highest BCUT2D eigenvalue weighted by Gasteiger charge is 2.35. The van der Waals surface area contributed by atoms with Gasteiger partial charge in [-0.1, -0.05) is 0 Å². The predicted octanol–water partition coefficient (Wildman–Crippen LogP) is 0.176. The van der Waals surface area contributed by atoms with Crippen molar-refractivity contribution in [3.05, 3.63) is 0 Å². The predicted molar refractivity (Wildman–Crippen MR) is 50.9 cm³/mol. The van der Waals surface area contributed by atoms with Crippen molar-refractivity contribution < 1.29 is 4.74 Å². The number of morpholine rings is 1. The molecular weight excluding hydrogens is 166 g/mol. The van der Waals surface area contributed by atoms with Gasteiger partial charge in [-0.3, -0.25) is 10.3 Å². The molecule has 0 radical (unpaired) electrons. The molecule has 2 aliphatic rings. The lowest BCUT2D eigenvalue weighted by Crippen LogP contribution is -2.51. The number of hydrogen-bond donors (Lipinski definition) is 2. The molecule has 0 aromatic rings. The van der Waals surface area contributed by atoms with Crippen LogP contribution in [0.25, 0.3) is 0 Å². The lowest BCUT2D eigenvalue weighted by molar-refractivity contribution is -0.0497. The van der Waals surface area contributed by atoms with Crippen molar-refractivity contribution >= 4 is 5.84 Å². The molecule has 3 N–H and O–H groups in total. The highest BCUT2D eigenvalue weighted by Crippen LogP contribution is 2.29. The van der Waals surface area contributed by atoms with Gasteiger partial charge in [-0.15, -0.1) is 0 Å². The van der Waals surface area contributed by atoms with E-state index in [9.17, 15) is 0 Å². The fourth-order valence-electron chi connectivity index (χ4n) is 2.42. The summed E-state index contributed by atoms with van der Waals surface area (Å²) >= 11 is 0.